The number of carbonyl (C=O) groups is 1. The van der Waals surface area contributed by atoms with Gasteiger partial charge in [-0.25, -0.2) is 0 Å². The number of hydrogen-bond acceptors (Lipinski definition) is 2. The average molecular weight is 262 g/mol. The van der Waals surface area contributed by atoms with Gasteiger partial charge in [0.05, 0.1) is 0 Å². The van der Waals surface area contributed by atoms with Gasteiger partial charge in [0.1, 0.15) is 0 Å². The van der Waals surface area contributed by atoms with Crippen LogP contribution >= 0.6 is 11.8 Å². The number of rotatable bonds is 4. The molecule has 0 aromatic heterocycles. The van der Waals surface area contributed by atoms with Gasteiger partial charge >= 0.3 is 0 Å². The normalized spacial score (nSPS) is 23.9. The van der Waals surface area contributed by atoms with E-state index in [1.165, 1.54) is 24.2 Å². The second-order valence-corrected chi connectivity index (χ2v) is 6.10. The first-order chi connectivity index (χ1) is 8.74. The molecular formula is C16H22OS. The molecule has 1 saturated carbocycles. The van der Waals surface area contributed by atoms with Crippen molar-refractivity contribution < 1.29 is 4.79 Å². The largest absolute Gasteiger partial charge is 0.294 e. The number of hydrogen-bond donors (Lipinski definition) is 0. The Morgan fingerprint density at radius 3 is 2.28 bits per heavy atom. The molecule has 0 atom stereocenters. The molecule has 0 N–H and O–H groups in total. The molecule has 0 bridgehead atoms. The SMILES string of the molecule is CCC1CCC(C(=O)c2ccc(SC)cc2)CC1. The van der Waals surface area contributed by atoms with Crippen LogP contribution in [-0.2, 0) is 0 Å². The molecule has 0 heterocycles. The van der Waals surface area contributed by atoms with E-state index in [1.54, 1.807) is 11.8 Å². The van der Waals surface area contributed by atoms with Crippen LogP contribution in [0.3, 0.4) is 0 Å². The summed E-state index contributed by atoms with van der Waals surface area (Å²) in [7, 11) is 0. The molecule has 0 spiro atoms. The van der Waals surface area contributed by atoms with Crippen molar-refractivity contribution >= 4 is 17.5 Å². The topological polar surface area (TPSA) is 17.1 Å². The third-order valence-corrected chi connectivity index (χ3v) is 4.91. The predicted octanol–water partition coefficient (Wildman–Crippen LogP) is 4.81. The Hall–Kier alpha value is -0.760. The van der Waals surface area contributed by atoms with Crippen molar-refractivity contribution in [1.82, 2.24) is 0 Å². The highest BCUT2D eigenvalue weighted by Crippen LogP contribution is 2.32. The van der Waals surface area contributed by atoms with Crippen LogP contribution in [0.15, 0.2) is 29.2 Å². The fourth-order valence-corrected chi connectivity index (χ4v) is 3.23. The van der Waals surface area contributed by atoms with E-state index in [2.05, 4.69) is 25.3 Å². The Kier molecular flexibility index (Phi) is 4.87. The van der Waals surface area contributed by atoms with Gasteiger partial charge in [0.25, 0.3) is 0 Å². The number of carbonyl (C=O) groups excluding carboxylic acids is 1. The standard InChI is InChI=1S/C16H22OS/c1-3-12-4-6-13(7-5-12)16(17)14-8-10-15(18-2)11-9-14/h8-13H,3-7H2,1-2H3. The molecule has 1 nitrogen and oxygen atoms in total. The van der Waals surface area contributed by atoms with Crippen LogP contribution < -0.4 is 0 Å². The molecular weight excluding hydrogens is 240 g/mol. The summed E-state index contributed by atoms with van der Waals surface area (Å²) in [5.74, 6) is 1.48. The Morgan fingerprint density at radius 2 is 1.78 bits per heavy atom. The summed E-state index contributed by atoms with van der Waals surface area (Å²) in [6.07, 6.45) is 7.96. The smallest absolute Gasteiger partial charge is 0.165 e. The maximum atomic E-state index is 12.4. The molecule has 2 heteroatoms. The van der Waals surface area contributed by atoms with Gasteiger partial charge in [-0.05, 0) is 50.0 Å². The Bertz CT molecular complexity index is 388. The monoisotopic (exact) mass is 262 g/mol. The van der Waals surface area contributed by atoms with E-state index in [9.17, 15) is 4.79 Å². The first-order valence-electron chi connectivity index (χ1n) is 6.92. The zero-order valence-electron chi connectivity index (χ0n) is 11.3. The lowest BCUT2D eigenvalue weighted by Crippen LogP contribution is -2.21. The molecule has 98 valence electrons. The summed E-state index contributed by atoms with van der Waals surface area (Å²) in [5.41, 5.74) is 0.896. The van der Waals surface area contributed by atoms with E-state index in [4.69, 9.17) is 0 Å². The highest BCUT2D eigenvalue weighted by molar-refractivity contribution is 7.98. The fraction of sp³-hybridized carbons (Fsp3) is 0.562. The summed E-state index contributed by atoms with van der Waals surface area (Å²) in [6, 6.07) is 8.07. The molecule has 0 amide bonds. The highest BCUT2D eigenvalue weighted by Gasteiger charge is 2.26. The molecule has 1 aliphatic rings. The molecule has 0 radical (unpaired) electrons. The van der Waals surface area contributed by atoms with E-state index < -0.39 is 0 Å². The van der Waals surface area contributed by atoms with Crippen LogP contribution in [0.2, 0.25) is 0 Å². The summed E-state index contributed by atoms with van der Waals surface area (Å²) in [5, 5.41) is 0. The van der Waals surface area contributed by atoms with Gasteiger partial charge in [0.15, 0.2) is 5.78 Å². The average Bonchev–Trinajstić information content (AvgIpc) is 2.47. The van der Waals surface area contributed by atoms with E-state index in [-0.39, 0.29) is 5.92 Å². The Labute approximate surface area is 114 Å². The minimum atomic E-state index is 0.271. The Morgan fingerprint density at radius 1 is 1.17 bits per heavy atom. The van der Waals surface area contributed by atoms with Gasteiger partial charge in [-0.15, -0.1) is 11.8 Å². The molecule has 1 aromatic carbocycles. The van der Waals surface area contributed by atoms with Crippen molar-refractivity contribution in [1.29, 1.82) is 0 Å². The quantitative estimate of drug-likeness (QED) is 0.572. The summed E-state index contributed by atoms with van der Waals surface area (Å²) in [4.78, 5) is 13.6. The third-order valence-electron chi connectivity index (χ3n) is 4.17. The maximum Gasteiger partial charge on any atom is 0.165 e. The molecule has 0 unspecified atom stereocenters. The molecule has 0 saturated heterocycles. The zero-order valence-corrected chi connectivity index (χ0v) is 12.1. The third kappa shape index (κ3) is 3.17. The van der Waals surface area contributed by atoms with Crippen LogP contribution in [0, 0.1) is 11.8 Å². The zero-order chi connectivity index (χ0) is 13.0. The lowest BCUT2D eigenvalue weighted by molar-refractivity contribution is 0.0871. The fourth-order valence-electron chi connectivity index (χ4n) is 2.82. The van der Waals surface area contributed by atoms with Crippen LogP contribution in [0.1, 0.15) is 49.4 Å². The number of ketones is 1. The number of Topliss-reactive ketones (excluding diaryl/α,β-unsaturated/α-hetero) is 1. The number of thioether (sulfide) groups is 1. The van der Waals surface area contributed by atoms with Crippen molar-refractivity contribution in [2.75, 3.05) is 6.26 Å². The molecule has 2 rings (SSSR count). The minimum absolute atomic E-state index is 0.271. The van der Waals surface area contributed by atoms with Gasteiger partial charge in [-0.3, -0.25) is 4.79 Å². The molecule has 18 heavy (non-hydrogen) atoms. The van der Waals surface area contributed by atoms with Crippen molar-refractivity contribution in [3.63, 3.8) is 0 Å². The van der Waals surface area contributed by atoms with E-state index in [0.717, 1.165) is 24.3 Å². The molecule has 1 fully saturated rings. The van der Waals surface area contributed by atoms with Crippen molar-refractivity contribution in [3.05, 3.63) is 29.8 Å². The van der Waals surface area contributed by atoms with Gasteiger partial charge in [-0.1, -0.05) is 25.5 Å². The van der Waals surface area contributed by atoms with Gasteiger partial charge in [0, 0.05) is 16.4 Å². The van der Waals surface area contributed by atoms with E-state index in [0.29, 0.717) is 5.78 Å². The number of benzene rings is 1. The highest BCUT2D eigenvalue weighted by atomic mass is 32.2. The minimum Gasteiger partial charge on any atom is -0.294 e. The molecule has 1 aliphatic carbocycles. The first kappa shape index (κ1) is 13.7. The second-order valence-electron chi connectivity index (χ2n) is 5.22. The van der Waals surface area contributed by atoms with Gasteiger partial charge in [0.2, 0.25) is 0 Å². The first-order valence-corrected chi connectivity index (χ1v) is 8.15. The van der Waals surface area contributed by atoms with Crippen molar-refractivity contribution in [2.45, 2.75) is 43.9 Å². The summed E-state index contributed by atoms with van der Waals surface area (Å²) >= 11 is 1.72. The Balaban J connectivity index is 1.98. The molecule has 0 aliphatic heterocycles. The molecule has 1 aromatic rings. The van der Waals surface area contributed by atoms with Crippen molar-refractivity contribution in [2.24, 2.45) is 11.8 Å². The maximum absolute atomic E-state index is 12.4. The van der Waals surface area contributed by atoms with E-state index in [1.807, 2.05) is 12.1 Å². The van der Waals surface area contributed by atoms with Gasteiger partial charge in [-0.2, -0.15) is 0 Å². The lowest BCUT2D eigenvalue weighted by Gasteiger charge is -2.26. The van der Waals surface area contributed by atoms with Gasteiger partial charge < -0.3 is 0 Å². The van der Waals surface area contributed by atoms with Crippen LogP contribution in [0.25, 0.3) is 0 Å². The van der Waals surface area contributed by atoms with Crippen LogP contribution in [0.4, 0.5) is 0 Å². The summed E-state index contributed by atoms with van der Waals surface area (Å²) in [6.45, 7) is 2.26. The van der Waals surface area contributed by atoms with Crippen molar-refractivity contribution in [3.8, 4) is 0 Å². The lowest BCUT2D eigenvalue weighted by atomic mass is 9.78. The summed E-state index contributed by atoms with van der Waals surface area (Å²) < 4.78 is 0. The van der Waals surface area contributed by atoms with Crippen LogP contribution in [0.5, 0.6) is 0 Å². The predicted molar refractivity (Wildman–Crippen MR) is 78.3 cm³/mol. The second kappa shape index (κ2) is 6.42. The van der Waals surface area contributed by atoms with E-state index >= 15 is 0 Å². The van der Waals surface area contributed by atoms with Crippen LogP contribution in [-0.4, -0.2) is 12.0 Å².